The Morgan fingerprint density at radius 1 is 0.800 bits per heavy atom. The molecular formula is C35H52. The van der Waals surface area contributed by atoms with E-state index < -0.39 is 0 Å². The van der Waals surface area contributed by atoms with Crippen LogP contribution < -0.4 is 0 Å². The lowest BCUT2D eigenvalue weighted by Crippen LogP contribution is -2.49. The second-order valence-corrected chi connectivity index (χ2v) is 14.9. The van der Waals surface area contributed by atoms with Crippen molar-refractivity contribution in [1.29, 1.82) is 0 Å². The molecule has 1 aromatic carbocycles. The first-order chi connectivity index (χ1) is 16.9. The maximum atomic E-state index is 2.77. The third kappa shape index (κ3) is 4.38. The number of fused-ring (bicyclic) bond motifs is 5. The SMILES string of the molecule is C/C=C1/C[C@@H](C[C@H]2CC[C@H]3C4CCC5CC(C)(C)CC[C@@H]5[C@H]4CC[C@]23C)CC[C@H]1c1ccccc1. The highest BCUT2D eigenvalue weighted by Gasteiger charge is 2.57. The summed E-state index contributed by atoms with van der Waals surface area (Å²) in [5.41, 5.74) is 4.54. The predicted molar refractivity (Wildman–Crippen MR) is 149 cm³/mol. The van der Waals surface area contributed by atoms with E-state index in [0.29, 0.717) is 16.7 Å². The first-order valence-corrected chi connectivity index (χ1v) is 15.6. The molecule has 9 atom stereocenters. The third-order valence-electron chi connectivity index (χ3n) is 12.7. The van der Waals surface area contributed by atoms with Gasteiger partial charge in [-0.25, -0.2) is 0 Å². The van der Waals surface area contributed by atoms with Gasteiger partial charge in [-0.15, -0.1) is 0 Å². The van der Waals surface area contributed by atoms with Gasteiger partial charge < -0.3 is 0 Å². The lowest BCUT2D eigenvalue weighted by Gasteiger charge is -2.57. The molecule has 35 heavy (non-hydrogen) atoms. The highest BCUT2D eigenvalue weighted by Crippen LogP contribution is 2.66. The van der Waals surface area contributed by atoms with Gasteiger partial charge in [0.15, 0.2) is 0 Å². The highest BCUT2D eigenvalue weighted by atomic mass is 14.6. The molecule has 5 saturated carbocycles. The maximum Gasteiger partial charge on any atom is 0.00482 e. The first-order valence-electron chi connectivity index (χ1n) is 15.6. The molecule has 5 aliphatic carbocycles. The molecule has 6 rings (SSSR count). The van der Waals surface area contributed by atoms with Gasteiger partial charge >= 0.3 is 0 Å². The summed E-state index contributed by atoms with van der Waals surface area (Å²) in [7, 11) is 0. The Hall–Kier alpha value is -1.04. The van der Waals surface area contributed by atoms with Crippen molar-refractivity contribution in [2.24, 2.45) is 52.3 Å². The van der Waals surface area contributed by atoms with Crippen LogP contribution in [0.5, 0.6) is 0 Å². The molecule has 192 valence electrons. The molecule has 0 nitrogen and oxygen atoms in total. The van der Waals surface area contributed by atoms with E-state index in [1.807, 2.05) is 0 Å². The Morgan fingerprint density at radius 3 is 2.40 bits per heavy atom. The number of hydrogen-bond acceptors (Lipinski definition) is 0. The van der Waals surface area contributed by atoms with Gasteiger partial charge in [-0.05, 0) is 148 Å². The van der Waals surface area contributed by atoms with Crippen molar-refractivity contribution in [2.75, 3.05) is 0 Å². The van der Waals surface area contributed by atoms with Crippen LogP contribution in [0.2, 0.25) is 0 Å². The van der Waals surface area contributed by atoms with Crippen molar-refractivity contribution in [2.45, 2.75) is 117 Å². The van der Waals surface area contributed by atoms with Crippen LogP contribution in [0.3, 0.4) is 0 Å². The van der Waals surface area contributed by atoms with Gasteiger partial charge in [0.05, 0.1) is 0 Å². The van der Waals surface area contributed by atoms with Gasteiger partial charge in [0, 0.05) is 5.92 Å². The molecule has 0 heteroatoms. The second kappa shape index (κ2) is 9.36. The summed E-state index contributed by atoms with van der Waals surface area (Å²) in [6.07, 6.45) is 22.0. The Bertz CT molecular complexity index is 907. The van der Waals surface area contributed by atoms with E-state index in [4.69, 9.17) is 0 Å². The van der Waals surface area contributed by atoms with Gasteiger partial charge in [0.2, 0.25) is 0 Å². The lowest BCUT2D eigenvalue weighted by molar-refractivity contribution is -0.0779. The van der Waals surface area contributed by atoms with E-state index in [-0.39, 0.29) is 0 Å². The smallest absolute Gasteiger partial charge is 0.00482 e. The van der Waals surface area contributed by atoms with E-state index >= 15 is 0 Å². The molecule has 0 amide bonds. The molecule has 1 aromatic rings. The Kier molecular flexibility index (Phi) is 6.50. The van der Waals surface area contributed by atoms with Crippen molar-refractivity contribution < 1.29 is 0 Å². The maximum absolute atomic E-state index is 2.77. The minimum atomic E-state index is 0.612. The minimum absolute atomic E-state index is 0.612. The number of hydrogen-bond donors (Lipinski definition) is 0. The van der Waals surface area contributed by atoms with Gasteiger partial charge in [-0.3, -0.25) is 0 Å². The quantitative estimate of drug-likeness (QED) is 0.384. The molecule has 5 fully saturated rings. The molecule has 0 bridgehead atoms. The summed E-state index contributed by atoms with van der Waals surface area (Å²) in [5, 5.41) is 0. The van der Waals surface area contributed by atoms with Crippen molar-refractivity contribution in [3.63, 3.8) is 0 Å². The molecular weight excluding hydrogens is 420 g/mol. The Balaban J connectivity index is 1.12. The van der Waals surface area contributed by atoms with Crippen molar-refractivity contribution in [3.8, 4) is 0 Å². The molecule has 0 spiro atoms. The van der Waals surface area contributed by atoms with Crippen LogP contribution in [0.1, 0.15) is 123 Å². The zero-order valence-electron chi connectivity index (χ0n) is 23.3. The van der Waals surface area contributed by atoms with Crippen LogP contribution in [0.15, 0.2) is 42.0 Å². The third-order valence-corrected chi connectivity index (χ3v) is 12.7. The zero-order chi connectivity index (χ0) is 24.2. The average Bonchev–Trinajstić information content (AvgIpc) is 3.19. The summed E-state index contributed by atoms with van der Waals surface area (Å²) < 4.78 is 0. The number of allylic oxidation sites excluding steroid dienone is 2. The normalized spacial score (nSPS) is 46.0. The Labute approximate surface area is 216 Å². The van der Waals surface area contributed by atoms with E-state index in [1.54, 1.807) is 49.7 Å². The Morgan fingerprint density at radius 2 is 1.60 bits per heavy atom. The molecule has 0 aromatic heterocycles. The molecule has 0 radical (unpaired) electrons. The highest BCUT2D eigenvalue weighted by molar-refractivity contribution is 5.30. The van der Waals surface area contributed by atoms with E-state index in [2.05, 4.69) is 64.1 Å². The largest absolute Gasteiger partial charge is 0.0878 e. The monoisotopic (exact) mass is 472 g/mol. The molecule has 0 heterocycles. The summed E-state index contributed by atoms with van der Waals surface area (Å²) in [5.74, 6) is 7.93. The van der Waals surface area contributed by atoms with Gasteiger partial charge in [0.1, 0.15) is 0 Å². The first kappa shape index (κ1) is 24.3. The number of rotatable bonds is 3. The van der Waals surface area contributed by atoms with Crippen LogP contribution in [0.4, 0.5) is 0 Å². The fraction of sp³-hybridized carbons (Fsp3) is 0.771. The van der Waals surface area contributed by atoms with Crippen molar-refractivity contribution in [1.82, 2.24) is 0 Å². The molecule has 2 unspecified atom stereocenters. The summed E-state index contributed by atoms with van der Waals surface area (Å²) in [6, 6.07) is 11.3. The van der Waals surface area contributed by atoms with Crippen molar-refractivity contribution >= 4 is 0 Å². The number of benzene rings is 1. The molecule has 5 aliphatic rings. The fourth-order valence-corrected chi connectivity index (χ4v) is 11.0. The summed E-state index contributed by atoms with van der Waals surface area (Å²) in [6.45, 7) is 10.2. The molecule has 0 saturated heterocycles. The molecule has 0 N–H and O–H groups in total. The van der Waals surface area contributed by atoms with Gasteiger partial charge in [0.25, 0.3) is 0 Å². The van der Waals surface area contributed by atoms with Crippen LogP contribution in [0, 0.1) is 52.3 Å². The standard InChI is InChI=1S/C35H52/c1-5-25-21-24(11-14-29(25)26-9-7-6-8-10-26)22-28-13-16-33-32-15-12-27-23-34(2,3)19-17-30(27)31(32)18-20-35(28,33)4/h5-10,24,27-33H,11-23H2,1-4H3/b25-5-/t24-,27?,28+,29+,30-,31+,32?,33-,35+/m0/s1. The predicted octanol–water partition coefficient (Wildman–Crippen LogP) is 10.2. The van der Waals surface area contributed by atoms with Crippen molar-refractivity contribution in [3.05, 3.63) is 47.5 Å². The topological polar surface area (TPSA) is 0 Å². The van der Waals surface area contributed by atoms with Crippen LogP contribution in [-0.2, 0) is 0 Å². The van der Waals surface area contributed by atoms with Crippen LogP contribution >= 0.6 is 0 Å². The fourth-order valence-electron chi connectivity index (χ4n) is 11.0. The molecule has 0 aliphatic heterocycles. The van der Waals surface area contributed by atoms with E-state index in [0.717, 1.165) is 41.4 Å². The van der Waals surface area contributed by atoms with E-state index in [9.17, 15) is 0 Å². The van der Waals surface area contributed by atoms with Gasteiger partial charge in [-0.1, -0.05) is 62.8 Å². The minimum Gasteiger partial charge on any atom is -0.0878 e. The second-order valence-electron chi connectivity index (χ2n) is 14.9. The van der Waals surface area contributed by atoms with Gasteiger partial charge in [-0.2, -0.15) is 0 Å². The van der Waals surface area contributed by atoms with Crippen LogP contribution in [0.25, 0.3) is 0 Å². The average molecular weight is 473 g/mol. The lowest BCUT2D eigenvalue weighted by atomic mass is 9.48. The zero-order valence-corrected chi connectivity index (χ0v) is 23.3. The summed E-state index contributed by atoms with van der Waals surface area (Å²) >= 11 is 0. The van der Waals surface area contributed by atoms with Crippen LogP contribution in [-0.4, -0.2) is 0 Å². The van der Waals surface area contributed by atoms with E-state index in [1.165, 1.54) is 44.9 Å². The summed E-state index contributed by atoms with van der Waals surface area (Å²) in [4.78, 5) is 0.